The number of carbonyl (C=O) groups is 3. The minimum Gasteiger partial charge on any atom is -0.497 e. The van der Waals surface area contributed by atoms with Crippen molar-refractivity contribution in [2.24, 2.45) is 11.3 Å². The zero-order valence-electron chi connectivity index (χ0n) is 39.2. The van der Waals surface area contributed by atoms with Gasteiger partial charge in [0.1, 0.15) is 28.6 Å². The molecule has 1 amide bonds. The molecule has 0 radical (unpaired) electrons. The maximum atomic E-state index is 15.5. The number of rotatable bonds is 10. The number of hydrogen-bond acceptors (Lipinski definition) is 11. The molecule has 6 aliphatic rings. The number of methoxy groups -OCH3 is 3. The van der Waals surface area contributed by atoms with Crippen molar-refractivity contribution >= 4 is 34.4 Å². The molecule has 2 bridgehead atoms. The van der Waals surface area contributed by atoms with Gasteiger partial charge in [0.25, 0.3) is 5.91 Å². The molecule has 13 heteroatoms. The Morgan fingerprint density at radius 1 is 0.970 bits per heavy atom. The number of carbonyl (C=O) groups excluding carboxylic acids is 3. The molecule has 2 fully saturated rings. The molecule has 1 saturated heterocycles. The van der Waals surface area contributed by atoms with Crippen molar-refractivity contribution in [1.82, 2.24) is 20.1 Å². The number of H-pyrrole nitrogens is 1. The molecule has 13 nitrogen and oxygen atoms in total. The fraction of sp³-hybridized carbons (Fsp3) is 0.491. The van der Waals surface area contributed by atoms with Gasteiger partial charge < -0.3 is 39.3 Å². The predicted molar refractivity (Wildman–Crippen MR) is 252 cm³/mol. The molecule has 1 aliphatic carbocycles. The van der Waals surface area contributed by atoms with Crippen LogP contribution in [0.1, 0.15) is 79.2 Å². The first-order valence-corrected chi connectivity index (χ1v) is 23.6. The first-order chi connectivity index (χ1) is 31.8. The van der Waals surface area contributed by atoms with Gasteiger partial charge in [0.05, 0.1) is 33.9 Å². The van der Waals surface area contributed by atoms with Crippen LogP contribution in [-0.2, 0) is 36.3 Å². The maximum Gasteiger partial charge on any atom is 0.322 e. The van der Waals surface area contributed by atoms with E-state index in [0.29, 0.717) is 48.4 Å². The summed E-state index contributed by atoms with van der Waals surface area (Å²) in [5, 5.41) is 18.2. The summed E-state index contributed by atoms with van der Waals surface area (Å²) in [4.78, 5) is 53.8. The van der Waals surface area contributed by atoms with Crippen molar-refractivity contribution in [3.8, 4) is 11.5 Å². The van der Waals surface area contributed by atoms with Crippen LogP contribution < -0.4 is 19.7 Å². The third-order valence-electron chi connectivity index (χ3n) is 16.5. The number of nitrogens with zero attached hydrogens (tertiary/aromatic N) is 3. The molecule has 66 heavy (non-hydrogen) atoms. The van der Waals surface area contributed by atoms with Gasteiger partial charge in [0, 0.05) is 96.5 Å². The van der Waals surface area contributed by atoms with Gasteiger partial charge in [0.2, 0.25) is 0 Å². The Hall–Kier alpha value is -5.63. The van der Waals surface area contributed by atoms with E-state index in [4.69, 9.17) is 18.9 Å². The van der Waals surface area contributed by atoms with Crippen LogP contribution in [0.3, 0.4) is 0 Å². The summed E-state index contributed by atoms with van der Waals surface area (Å²) in [6, 6.07) is 18.5. The predicted octanol–water partition coefficient (Wildman–Crippen LogP) is 6.06. The highest BCUT2D eigenvalue weighted by molar-refractivity contribution is 5.95. The number of aromatic nitrogens is 1. The Balaban J connectivity index is 1.22. The highest BCUT2D eigenvalue weighted by Gasteiger charge is 2.78. The number of fused-ring (bicyclic) bond motifs is 6. The van der Waals surface area contributed by atoms with Crippen LogP contribution in [-0.4, -0.2) is 129 Å². The van der Waals surface area contributed by atoms with E-state index in [-0.39, 0.29) is 30.4 Å². The fourth-order valence-electron chi connectivity index (χ4n) is 14.1. The van der Waals surface area contributed by atoms with E-state index >= 15 is 4.79 Å². The quantitative estimate of drug-likeness (QED) is 0.126. The van der Waals surface area contributed by atoms with E-state index in [0.717, 1.165) is 72.4 Å². The van der Waals surface area contributed by atoms with Gasteiger partial charge in [-0.25, -0.2) is 0 Å². The second-order valence-corrected chi connectivity index (χ2v) is 19.6. The summed E-state index contributed by atoms with van der Waals surface area (Å²) in [6.07, 6.45) is 8.96. The van der Waals surface area contributed by atoms with E-state index in [1.54, 1.807) is 38.5 Å². The molecule has 10 rings (SSSR count). The van der Waals surface area contributed by atoms with E-state index in [1.165, 1.54) is 19.6 Å². The number of hydrogen-bond donors (Lipinski definition) is 3. The summed E-state index contributed by atoms with van der Waals surface area (Å²) in [7, 11) is 6.70. The van der Waals surface area contributed by atoms with Crippen LogP contribution in [0.2, 0.25) is 0 Å². The number of aromatic amines is 1. The van der Waals surface area contributed by atoms with Crippen molar-refractivity contribution in [3.05, 3.63) is 112 Å². The van der Waals surface area contributed by atoms with Gasteiger partial charge in [-0.1, -0.05) is 55.8 Å². The number of ether oxygens (including phenoxy) is 4. The van der Waals surface area contributed by atoms with Gasteiger partial charge in [0.15, 0.2) is 0 Å². The number of esters is 2. The average molecular weight is 898 g/mol. The molecule has 3 aromatic carbocycles. The molecule has 9 atom stereocenters. The molecule has 3 unspecified atom stereocenters. The van der Waals surface area contributed by atoms with E-state index in [9.17, 15) is 14.7 Å². The van der Waals surface area contributed by atoms with Crippen LogP contribution in [0.25, 0.3) is 10.9 Å². The first-order valence-electron chi connectivity index (χ1n) is 23.6. The topological polar surface area (TPSA) is 146 Å². The third kappa shape index (κ3) is 6.25. The highest BCUT2D eigenvalue weighted by atomic mass is 16.6. The Bertz CT molecular complexity index is 2660. The second-order valence-electron chi connectivity index (χ2n) is 19.6. The second kappa shape index (κ2) is 16.3. The lowest BCUT2D eigenvalue weighted by molar-refractivity contribution is -0.216. The van der Waals surface area contributed by atoms with Crippen molar-refractivity contribution in [2.75, 3.05) is 72.5 Å². The minimum atomic E-state index is -1.82. The van der Waals surface area contributed by atoms with Crippen LogP contribution >= 0.6 is 0 Å². The van der Waals surface area contributed by atoms with Crippen LogP contribution in [0.15, 0.2) is 84.5 Å². The number of aliphatic hydroxyl groups is 1. The lowest BCUT2D eigenvalue weighted by atomic mass is 9.47. The number of amides is 1. The number of para-hydroxylation sites is 1. The van der Waals surface area contributed by atoms with Gasteiger partial charge in [-0.15, -0.1) is 0 Å². The number of benzene rings is 3. The van der Waals surface area contributed by atoms with Crippen molar-refractivity contribution < 1.29 is 38.4 Å². The average Bonchev–Trinajstić information content (AvgIpc) is 4.00. The summed E-state index contributed by atoms with van der Waals surface area (Å²) in [5.41, 5.74) is 2.38. The first kappa shape index (κ1) is 44.2. The molecule has 1 saturated carbocycles. The third-order valence-corrected chi connectivity index (χ3v) is 16.5. The summed E-state index contributed by atoms with van der Waals surface area (Å²) in [5.74, 6) is -0.0830. The Labute approximate surface area is 387 Å². The maximum absolute atomic E-state index is 15.5. The summed E-state index contributed by atoms with van der Waals surface area (Å²) in [6.45, 7) is 9.44. The number of nitrogens with one attached hydrogen (secondary N) is 2. The van der Waals surface area contributed by atoms with Gasteiger partial charge in [-0.05, 0) is 92.1 Å². The summed E-state index contributed by atoms with van der Waals surface area (Å²) < 4.78 is 24.3. The highest BCUT2D eigenvalue weighted by Crippen LogP contribution is 2.68. The summed E-state index contributed by atoms with van der Waals surface area (Å²) >= 11 is 0. The van der Waals surface area contributed by atoms with Crippen LogP contribution in [0, 0.1) is 11.3 Å². The number of anilines is 1. The molecule has 5 aliphatic heterocycles. The van der Waals surface area contributed by atoms with Crippen molar-refractivity contribution in [1.29, 1.82) is 0 Å². The lowest BCUT2D eigenvalue weighted by Gasteiger charge is -2.64. The van der Waals surface area contributed by atoms with E-state index in [1.807, 2.05) is 19.2 Å². The van der Waals surface area contributed by atoms with Crippen molar-refractivity contribution in [2.45, 2.75) is 87.5 Å². The molecular weight excluding hydrogens is 835 g/mol. The zero-order chi connectivity index (χ0) is 46.3. The normalized spacial score (nSPS) is 31.8. The van der Waals surface area contributed by atoms with Gasteiger partial charge >= 0.3 is 11.9 Å². The largest absolute Gasteiger partial charge is 0.497 e. The van der Waals surface area contributed by atoms with E-state index in [2.05, 4.69) is 81.3 Å². The SMILES string of the molecule is CCC1=C[C@@H]2CN(CCc3c([nH]c4ccccc34)[C@@](C(=O)OC)(c3cc4c(cc3OC)N(C)[C@H]3C(O)(CNC(=O)c5ccc(OC)cc5)[C@H](OC(C)=O)[C@]5(CC)C=CCN6CC[C@]43C65)C2)C1. The monoisotopic (exact) mass is 897 g/mol. The lowest BCUT2D eigenvalue weighted by Crippen LogP contribution is -2.81. The Morgan fingerprint density at radius 2 is 1.76 bits per heavy atom. The Kier molecular flexibility index (Phi) is 10.9. The van der Waals surface area contributed by atoms with E-state index < -0.39 is 40.0 Å². The minimum absolute atomic E-state index is 0.0217. The van der Waals surface area contributed by atoms with Crippen LogP contribution in [0.5, 0.6) is 11.5 Å². The number of likely N-dealkylation sites (N-methyl/N-ethyl adjacent to an activating group) is 1. The molecule has 348 valence electrons. The fourth-order valence-corrected chi connectivity index (χ4v) is 14.1. The van der Waals surface area contributed by atoms with Gasteiger partial charge in [-0.3, -0.25) is 24.2 Å². The van der Waals surface area contributed by atoms with Crippen LogP contribution in [0.4, 0.5) is 5.69 Å². The zero-order valence-corrected chi connectivity index (χ0v) is 39.2. The molecular formula is C53H63N5O8. The van der Waals surface area contributed by atoms with Gasteiger partial charge in [-0.2, -0.15) is 0 Å². The molecule has 1 spiro atoms. The standard InChI is InChI=1S/C53H63N5O8/c1-8-33-25-34-28-52(49(61)65-7,44-38(19-23-57(29-33)30-34)37-13-10-11-14-41(37)55-44)40-26-39-42(27-43(40)64-6)56(4)47-51(39)21-24-58-22-12-20-50(9-2,46(51)58)48(66-32(3)59)53(47,62)31-54-45(60)35-15-17-36(63-5)18-16-35/h10-18,20,25-27,34,46-48,55,62H,8-9,19,21-24,28-31H2,1-7H3,(H,54,60)/t34-,46?,47+,48+,50+,51+,52-,53?/m0/s1. The smallest absolute Gasteiger partial charge is 0.322 e. The Morgan fingerprint density at radius 3 is 2.47 bits per heavy atom. The molecule has 4 aromatic rings. The molecule has 6 heterocycles. The van der Waals surface area contributed by atoms with Crippen molar-refractivity contribution in [3.63, 3.8) is 0 Å². The molecule has 1 aromatic heterocycles. The molecule has 3 N–H and O–H groups in total.